The number of aromatic nitrogens is 1. The zero-order valence-corrected chi connectivity index (χ0v) is 31.2. The molecule has 0 radical (unpaired) electrons. The Kier molecular flexibility index (Phi) is 19.4. The molecule has 18 nitrogen and oxygen atoms in total. The summed E-state index contributed by atoms with van der Waals surface area (Å²) in [4.78, 5) is 100. The van der Waals surface area contributed by atoms with Gasteiger partial charge in [0.05, 0.1) is 5.56 Å². The third-order valence-electron chi connectivity index (χ3n) is 8.73. The molecule has 0 aliphatic heterocycles. The van der Waals surface area contributed by atoms with Crippen molar-refractivity contribution in [3.8, 4) is 0 Å². The summed E-state index contributed by atoms with van der Waals surface area (Å²) in [5, 5.41) is 49.5. The summed E-state index contributed by atoms with van der Waals surface area (Å²) >= 11 is 0. The third kappa shape index (κ3) is 17.3. The molecule has 0 spiro atoms. The second-order valence-corrected chi connectivity index (χ2v) is 14.2. The van der Waals surface area contributed by atoms with Crippen molar-refractivity contribution in [2.45, 2.75) is 110 Å². The van der Waals surface area contributed by atoms with E-state index in [2.05, 4.69) is 38.1 Å². The maximum Gasteiger partial charge on any atom is 0.326 e. The number of rotatable bonds is 26. The van der Waals surface area contributed by atoms with Crippen molar-refractivity contribution in [1.82, 2.24) is 31.6 Å². The molecule has 9 N–H and O–H groups in total. The molecule has 300 valence electrons. The van der Waals surface area contributed by atoms with Crippen LogP contribution >= 0.6 is 0 Å². The summed E-state index contributed by atoms with van der Waals surface area (Å²) in [6.45, 7) is 10.8. The van der Waals surface area contributed by atoms with Crippen molar-refractivity contribution in [2.75, 3.05) is 13.1 Å². The van der Waals surface area contributed by atoms with E-state index in [9.17, 15) is 53.7 Å². The number of carbonyl (C=O) groups excluding carboxylic acids is 4. The maximum absolute atomic E-state index is 13.1. The predicted molar refractivity (Wildman–Crippen MR) is 195 cm³/mol. The summed E-state index contributed by atoms with van der Waals surface area (Å²) in [7, 11) is 0. The topological polar surface area (TPSA) is 291 Å². The number of aliphatic carboxylic acids is 4. The summed E-state index contributed by atoms with van der Waals surface area (Å²) < 4.78 is 0. The number of pyridine rings is 1. The lowest BCUT2D eigenvalue weighted by Gasteiger charge is -2.30. The second kappa shape index (κ2) is 22.5. The Morgan fingerprint density at radius 3 is 1.67 bits per heavy atom. The first-order valence-electron chi connectivity index (χ1n) is 17.6. The van der Waals surface area contributed by atoms with Crippen molar-refractivity contribution in [1.29, 1.82) is 0 Å². The molecule has 0 aromatic carbocycles. The summed E-state index contributed by atoms with van der Waals surface area (Å²) in [6.07, 6.45) is 5.85. The summed E-state index contributed by atoms with van der Waals surface area (Å²) in [6, 6.07) is -3.46. The van der Waals surface area contributed by atoms with Crippen molar-refractivity contribution < 1.29 is 58.8 Å². The number of amides is 5. The fraction of sp³-hybridized carbons (Fsp3) is 0.583. The summed E-state index contributed by atoms with van der Waals surface area (Å²) in [5.74, 6) is -6.39. The Morgan fingerprint density at radius 2 is 1.17 bits per heavy atom. The van der Waals surface area contributed by atoms with Gasteiger partial charge < -0.3 is 47.0 Å². The highest BCUT2D eigenvalue weighted by atomic mass is 16.4. The summed E-state index contributed by atoms with van der Waals surface area (Å²) in [5.41, 5.74) is -0.855. The Hall–Kier alpha value is -5.55. The van der Waals surface area contributed by atoms with E-state index >= 15 is 0 Å². The van der Waals surface area contributed by atoms with Crippen LogP contribution in [0.3, 0.4) is 0 Å². The quantitative estimate of drug-likeness (QED) is 0.0614. The van der Waals surface area contributed by atoms with Crippen LogP contribution in [0, 0.1) is 10.8 Å². The Morgan fingerprint density at radius 1 is 0.685 bits per heavy atom. The zero-order chi connectivity index (χ0) is 41.1. The van der Waals surface area contributed by atoms with Crippen molar-refractivity contribution >= 4 is 53.7 Å². The molecular weight excluding hydrogens is 708 g/mol. The van der Waals surface area contributed by atoms with Crippen LogP contribution in [-0.2, 0) is 28.8 Å². The van der Waals surface area contributed by atoms with Gasteiger partial charge in [-0.3, -0.25) is 24.2 Å². The number of hydrogen-bond donors (Lipinski definition) is 9. The van der Waals surface area contributed by atoms with Crippen LogP contribution in [0.25, 0.3) is 6.08 Å². The fourth-order valence-electron chi connectivity index (χ4n) is 4.99. The minimum absolute atomic E-state index is 0.0324. The number of hydrogen-bond acceptors (Lipinski definition) is 9. The third-order valence-corrected chi connectivity index (χ3v) is 8.73. The molecule has 0 aliphatic carbocycles. The molecule has 0 saturated heterocycles. The minimum atomic E-state index is -1.52. The molecule has 18 heteroatoms. The van der Waals surface area contributed by atoms with E-state index < -0.39 is 77.6 Å². The van der Waals surface area contributed by atoms with Crippen molar-refractivity contribution in [3.05, 3.63) is 36.2 Å². The van der Waals surface area contributed by atoms with E-state index in [1.54, 1.807) is 46.0 Å². The van der Waals surface area contributed by atoms with Gasteiger partial charge in [-0.15, -0.1) is 0 Å². The average Bonchev–Trinajstić information content (AvgIpc) is 3.10. The van der Waals surface area contributed by atoms with Gasteiger partial charge in [-0.25, -0.2) is 19.2 Å². The van der Waals surface area contributed by atoms with E-state index in [0.29, 0.717) is 36.9 Å². The van der Waals surface area contributed by atoms with Gasteiger partial charge in [-0.1, -0.05) is 40.3 Å². The monoisotopic (exact) mass is 762 g/mol. The number of carboxylic acid groups (broad SMARTS) is 4. The van der Waals surface area contributed by atoms with Crippen LogP contribution < -0.4 is 26.6 Å². The van der Waals surface area contributed by atoms with Gasteiger partial charge in [0.1, 0.15) is 18.1 Å². The van der Waals surface area contributed by atoms with Gasteiger partial charge in [0.15, 0.2) is 0 Å². The lowest BCUT2D eigenvalue weighted by molar-refractivity contribution is -0.144. The van der Waals surface area contributed by atoms with Gasteiger partial charge in [0, 0.05) is 42.7 Å². The largest absolute Gasteiger partial charge is 0.481 e. The number of nitrogens with one attached hydrogen (secondary N) is 5. The van der Waals surface area contributed by atoms with Crippen LogP contribution in [-0.4, -0.2) is 104 Å². The molecule has 1 aromatic heterocycles. The highest BCUT2D eigenvalue weighted by molar-refractivity contribution is 5.94. The first-order valence-corrected chi connectivity index (χ1v) is 17.6. The number of carbonyl (C=O) groups is 8. The van der Waals surface area contributed by atoms with Crippen LogP contribution in [0.1, 0.15) is 108 Å². The molecule has 0 saturated carbocycles. The first-order chi connectivity index (χ1) is 25.2. The van der Waals surface area contributed by atoms with Gasteiger partial charge in [0.25, 0.3) is 5.91 Å². The minimum Gasteiger partial charge on any atom is -0.481 e. The van der Waals surface area contributed by atoms with Crippen molar-refractivity contribution in [2.24, 2.45) is 10.8 Å². The highest BCUT2D eigenvalue weighted by Gasteiger charge is 2.35. The van der Waals surface area contributed by atoms with Crippen LogP contribution in [0.5, 0.6) is 0 Å². The average molecular weight is 763 g/mol. The normalized spacial score (nSPS) is 13.0. The molecule has 1 aromatic rings. The smallest absolute Gasteiger partial charge is 0.326 e. The van der Waals surface area contributed by atoms with E-state index in [-0.39, 0.29) is 50.5 Å². The van der Waals surface area contributed by atoms with E-state index in [0.717, 1.165) is 0 Å². The molecule has 0 bridgehead atoms. The number of nitrogens with zero attached hydrogens (tertiary/aromatic N) is 1. The molecule has 5 amide bonds. The lowest BCUT2D eigenvalue weighted by atomic mass is 9.78. The number of unbranched alkanes of at least 4 members (excludes halogenated alkanes) is 2. The predicted octanol–water partition coefficient (Wildman–Crippen LogP) is 2.38. The number of urea groups is 1. The Balaban J connectivity index is 2.51. The molecule has 1 heterocycles. The van der Waals surface area contributed by atoms with Crippen LogP contribution in [0.2, 0.25) is 0 Å². The van der Waals surface area contributed by atoms with Crippen molar-refractivity contribution in [3.63, 3.8) is 0 Å². The molecule has 0 fully saturated rings. The van der Waals surface area contributed by atoms with E-state index in [1.807, 2.05) is 0 Å². The number of carboxylic acids is 4. The lowest BCUT2D eigenvalue weighted by Crippen LogP contribution is -2.51. The second-order valence-electron chi connectivity index (χ2n) is 14.2. The maximum atomic E-state index is 13.1. The zero-order valence-electron chi connectivity index (χ0n) is 31.2. The fourth-order valence-corrected chi connectivity index (χ4v) is 4.99. The Bertz CT molecular complexity index is 1510. The van der Waals surface area contributed by atoms with Crippen LogP contribution in [0.15, 0.2) is 25.0 Å². The van der Waals surface area contributed by atoms with Gasteiger partial charge in [-0.2, -0.15) is 0 Å². The van der Waals surface area contributed by atoms with Gasteiger partial charge >= 0.3 is 29.9 Å². The molecule has 3 atom stereocenters. The van der Waals surface area contributed by atoms with E-state index in [1.165, 1.54) is 6.20 Å². The first kappa shape index (κ1) is 46.5. The van der Waals surface area contributed by atoms with Crippen LogP contribution in [0.4, 0.5) is 4.79 Å². The SMILES string of the molecule is C=Cc1cncc(C(=O)NCCCCC(NC(=O)C(C)(C)CCC(C)(C)C(=O)NCCCC[C@H](NC(=O)NC(CCC(=O)O)C(=O)O)C(=O)O)C(=O)O)c1. The molecule has 0 aliphatic rings. The van der Waals surface area contributed by atoms with Gasteiger partial charge in [0.2, 0.25) is 11.8 Å². The van der Waals surface area contributed by atoms with Gasteiger partial charge in [-0.05, 0) is 69.4 Å². The highest BCUT2D eigenvalue weighted by Crippen LogP contribution is 2.31. The standard InChI is InChI=1S/C36H54N6O12/c1-6-22-19-23(21-37-20-22)28(45)38-17-9-7-11-24(29(46)47)40-33(53)36(4,5)16-15-35(2,3)32(52)39-18-10-8-12-25(30(48)49)41-34(54)42-26(31(50)51)13-14-27(43)44/h6,19-21,24-26H,1,7-18H2,2-5H3,(H,38,45)(H,39,52)(H,40,53)(H,43,44)(H,46,47)(H,48,49)(H,50,51)(H2,41,42,54)/t24?,25-,26?/m0/s1. The molecular formula is C36H54N6O12. The molecule has 54 heavy (non-hydrogen) atoms. The Labute approximate surface area is 313 Å². The van der Waals surface area contributed by atoms with E-state index in [4.69, 9.17) is 5.11 Å². The molecule has 1 rings (SSSR count). The molecule has 2 unspecified atom stereocenters.